The van der Waals surface area contributed by atoms with Crippen LogP contribution in [0.25, 0.3) is 22.3 Å². The lowest BCUT2D eigenvalue weighted by Crippen LogP contribution is -2.08. The van der Waals surface area contributed by atoms with Crippen LogP contribution in [0.5, 0.6) is 5.75 Å². The van der Waals surface area contributed by atoms with E-state index in [4.69, 9.17) is 21.1 Å². The second-order valence-electron chi connectivity index (χ2n) is 6.89. The topological polar surface area (TPSA) is 48.4 Å². The zero-order valence-electron chi connectivity index (χ0n) is 15.5. The Labute approximate surface area is 169 Å². The molecule has 2 atom stereocenters. The van der Waals surface area contributed by atoms with Gasteiger partial charge in [-0.2, -0.15) is 0 Å². The molecule has 1 aliphatic carbocycles. The third kappa shape index (κ3) is 4.02. The summed E-state index contributed by atoms with van der Waals surface area (Å²) < 4.78 is 10.6. The van der Waals surface area contributed by atoms with Gasteiger partial charge < -0.3 is 9.47 Å². The van der Waals surface area contributed by atoms with Crippen molar-refractivity contribution in [2.45, 2.75) is 6.42 Å². The Morgan fingerprint density at radius 2 is 1.82 bits per heavy atom. The number of nitrogens with zero attached hydrogens (tertiary/aromatic N) is 1. The number of rotatable bonds is 6. The molecule has 0 aliphatic heterocycles. The lowest BCUT2D eigenvalue weighted by Gasteiger charge is -2.10. The summed E-state index contributed by atoms with van der Waals surface area (Å²) in [7, 11) is 1.42. The Morgan fingerprint density at radius 3 is 2.54 bits per heavy atom. The molecule has 28 heavy (non-hydrogen) atoms. The van der Waals surface area contributed by atoms with E-state index in [9.17, 15) is 4.79 Å². The fourth-order valence-electron chi connectivity index (χ4n) is 3.24. The summed E-state index contributed by atoms with van der Waals surface area (Å²) in [5, 5.41) is 0.465. The number of hydrogen-bond acceptors (Lipinski definition) is 4. The van der Waals surface area contributed by atoms with Gasteiger partial charge in [-0.1, -0.05) is 54.1 Å². The van der Waals surface area contributed by atoms with Crippen molar-refractivity contribution in [3.05, 3.63) is 72.0 Å². The fraction of sp³-hybridized carbons (Fsp3) is 0.217. The quantitative estimate of drug-likeness (QED) is 0.423. The molecule has 1 aromatic heterocycles. The first kappa shape index (κ1) is 18.5. The largest absolute Gasteiger partial charge is 0.493 e. The Morgan fingerprint density at radius 1 is 1.07 bits per heavy atom. The number of ether oxygens (including phenoxy) is 2. The number of esters is 1. The summed E-state index contributed by atoms with van der Waals surface area (Å²) in [5.74, 6) is 0.843. The zero-order valence-corrected chi connectivity index (χ0v) is 16.2. The lowest BCUT2D eigenvalue weighted by molar-refractivity contribution is -0.142. The standard InChI is InChI=1S/C23H20ClNO3/c1-27-23(26)21-12-18(21)14-28-19-9-7-16(8-10-19)20-11-17(13-25-22(20)24)15-5-3-2-4-6-15/h2-11,13,18,21H,12,14H2,1H3. The molecule has 1 saturated carbocycles. The minimum Gasteiger partial charge on any atom is -0.493 e. The van der Waals surface area contributed by atoms with Crippen LogP contribution in [-0.2, 0) is 9.53 Å². The summed E-state index contributed by atoms with van der Waals surface area (Å²) in [4.78, 5) is 15.8. The van der Waals surface area contributed by atoms with E-state index in [-0.39, 0.29) is 17.8 Å². The van der Waals surface area contributed by atoms with Gasteiger partial charge in [0.05, 0.1) is 19.6 Å². The van der Waals surface area contributed by atoms with Crippen LogP contribution < -0.4 is 4.74 Å². The Balaban J connectivity index is 1.46. The van der Waals surface area contributed by atoms with E-state index in [1.165, 1.54) is 7.11 Å². The van der Waals surface area contributed by atoms with Crippen molar-refractivity contribution >= 4 is 17.6 Å². The second-order valence-corrected chi connectivity index (χ2v) is 7.25. The minimum atomic E-state index is -0.149. The lowest BCUT2D eigenvalue weighted by atomic mass is 10.0. The average molecular weight is 394 g/mol. The number of carbonyl (C=O) groups is 1. The van der Waals surface area contributed by atoms with Crippen molar-refractivity contribution in [2.24, 2.45) is 11.8 Å². The molecule has 3 aromatic rings. The summed E-state index contributed by atoms with van der Waals surface area (Å²) in [6.45, 7) is 0.519. The summed E-state index contributed by atoms with van der Waals surface area (Å²) in [6.07, 6.45) is 2.62. The molecule has 0 N–H and O–H groups in total. The molecule has 1 fully saturated rings. The molecule has 0 amide bonds. The van der Waals surface area contributed by atoms with Crippen LogP contribution in [0.4, 0.5) is 0 Å². The maximum atomic E-state index is 11.5. The molecule has 0 spiro atoms. The van der Waals surface area contributed by atoms with Crippen LogP contribution >= 0.6 is 11.6 Å². The van der Waals surface area contributed by atoms with Gasteiger partial charge in [-0.05, 0) is 35.7 Å². The van der Waals surface area contributed by atoms with Gasteiger partial charge in [-0.3, -0.25) is 4.79 Å². The van der Waals surface area contributed by atoms with Crippen molar-refractivity contribution in [1.29, 1.82) is 0 Å². The van der Waals surface area contributed by atoms with Gasteiger partial charge in [-0.15, -0.1) is 0 Å². The van der Waals surface area contributed by atoms with Gasteiger partial charge in [0.15, 0.2) is 0 Å². The fourth-order valence-corrected chi connectivity index (χ4v) is 3.46. The van der Waals surface area contributed by atoms with Gasteiger partial charge in [0.2, 0.25) is 0 Å². The van der Waals surface area contributed by atoms with Crippen LogP contribution in [0.15, 0.2) is 66.9 Å². The van der Waals surface area contributed by atoms with Gasteiger partial charge in [0, 0.05) is 23.2 Å². The van der Waals surface area contributed by atoms with Crippen molar-refractivity contribution < 1.29 is 14.3 Å². The molecule has 4 nitrogen and oxygen atoms in total. The Kier molecular flexibility index (Phi) is 5.31. The first-order valence-corrected chi connectivity index (χ1v) is 9.55. The molecule has 0 radical (unpaired) electrons. The third-order valence-electron chi connectivity index (χ3n) is 5.00. The van der Waals surface area contributed by atoms with Gasteiger partial charge in [0.1, 0.15) is 10.9 Å². The summed E-state index contributed by atoms with van der Waals surface area (Å²) >= 11 is 6.34. The average Bonchev–Trinajstić information content (AvgIpc) is 3.53. The maximum Gasteiger partial charge on any atom is 0.309 e. The highest BCUT2D eigenvalue weighted by atomic mass is 35.5. The van der Waals surface area contributed by atoms with Crippen LogP contribution in [0.2, 0.25) is 5.15 Å². The number of pyridine rings is 1. The first-order valence-electron chi connectivity index (χ1n) is 9.17. The van der Waals surface area contributed by atoms with Crippen molar-refractivity contribution in [3.8, 4) is 28.0 Å². The Bertz CT molecular complexity index is 973. The van der Waals surface area contributed by atoms with Crippen LogP contribution in [0.1, 0.15) is 6.42 Å². The van der Waals surface area contributed by atoms with E-state index in [2.05, 4.69) is 4.98 Å². The van der Waals surface area contributed by atoms with Crippen LogP contribution in [0.3, 0.4) is 0 Å². The van der Waals surface area contributed by atoms with E-state index >= 15 is 0 Å². The highest BCUT2D eigenvalue weighted by Crippen LogP contribution is 2.40. The number of aromatic nitrogens is 1. The first-order chi connectivity index (χ1) is 13.7. The number of methoxy groups -OCH3 is 1. The van der Waals surface area contributed by atoms with E-state index in [1.54, 1.807) is 6.20 Å². The normalized spacial score (nSPS) is 17.8. The van der Waals surface area contributed by atoms with E-state index in [0.717, 1.165) is 34.4 Å². The van der Waals surface area contributed by atoms with Crippen molar-refractivity contribution in [1.82, 2.24) is 4.98 Å². The van der Waals surface area contributed by atoms with E-state index < -0.39 is 0 Å². The molecule has 2 aromatic carbocycles. The zero-order chi connectivity index (χ0) is 19.5. The molecule has 4 rings (SSSR count). The number of benzene rings is 2. The number of halogens is 1. The SMILES string of the molecule is COC(=O)C1CC1COc1ccc(-c2cc(-c3ccccc3)cnc2Cl)cc1. The molecular weight excluding hydrogens is 374 g/mol. The van der Waals surface area contributed by atoms with Crippen molar-refractivity contribution in [2.75, 3.05) is 13.7 Å². The van der Waals surface area contributed by atoms with Gasteiger partial charge >= 0.3 is 5.97 Å². The van der Waals surface area contributed by atoms with Gasteiger partial charge in [0.25, 0.3) is 0 Å². The van der Waals surface area contributed by atoms with E-state index in [0.29, 0.717) is 11.8 Å². The molecule has 0 saturated heterocycles. The molecule has 5 heteroatoms. The molecule has 1 aliphatic rings. The molecule has 1 heterocycles. The number of hydrogen-bond donors (Lipinski definition) is 0. The predicted octanol–water partition coefficient (Wildman–Crippen LogP) is 5.26. The smallest absolute Gasteiger partial charge is 0.309 e. The Hall–Kier alpha value is -2.85. The van der Waals surface area contributed by atoms with Gasteiger partial charge in [-0.25, -0.2) is 4.98 Å². The molecule has 2 unspecified atom stereocenters. The second kappa shape index (κ2) is 8.03. The minimum absolute atomic E-state index is 0.0186. The summed E-state index contributed by atoms with van der Waals surface area (Å²) in [6, 6.07) is 19.9. The van der Waals surface area contributed by atoms with Crippen molar-refractivity contribution in [3.63, 3.8) is 0 Å². The van der Waals surface area contributed by atoms with Crippen LogP contribution in [0, 0.1) is 11.8 Å². The van der Waals surface area contributed by atoms with Crippen LogP contribution in [-0.4, -0.2) is 24.7 Å². The highest BCUT2D eigenvalue weighted by molar-refractivity contribution is 6.32. The number of carbonyl (C=O) groups excluding carboxylic acids is 1. The summed E-state index contributed by atoms with van der Waals surface area (Å²) in [5.41, 5.74) is 3.96. The monoisotopic (exact) mass is 393 g/mol. The molecule has 142 valence electrons. The van der Waals surface area contributed by atoms with E-state index in [1.807, 2.05) is 60.7 Å². The third-order valence-corrected chi connectivity index (χ3v) is 5.30. The highest BCUT2D eigenvalue weighted by Gasteiger charge is 2.44. The predicted molar refractivity (Wildman–Crippen MR) is 109 cm³/mol. The molecular formula is C23H20ClNO3. The molecule has 0 bridgehead atoms. The maximum absolute atomic E-state index is 11.5.